The molecule has 1 aromatic heterocycles. The van der Waals surface area contributed by atoms with Gasteiger partial charge >= 0.3 is 5.97 Å². The molecule has 4 rings (SSSR count). The van der Waals surface area contributed by atoms with Crippen LogP contribution in [0.15, 0.2) is 48.7 Å². The van der Waals surface area contributed by atoms with Gasteiger partial charge in [0.2, 0.25) is 0 Å². The van der Waals surface area contributed by atoms with E-state index in [-0.39, 0.29) is 5.97 Å². The molecule has 1 aliphatic rings. The lowest BCUT2D eigenvalue weighted by atomic mass is 9.84. The lowest BCUT2D eigenvalue weighted by Crippen LogP contribution is -2.42. The van der Waals surface area contributed by atoms with Crippen LogP contribution in [0.5, 0.6) is 0 Å². The van der Waals surface area contributed by atoms with E-state index in [4.69, 9.17) is 16.3 Å². The molecule has 0 spiro atoms. The summed E-state index contributed by atoms with van der Waals surface area (Å²) >= 11 is 6.01. The highest BCUT2D eigenvalue weighted by Crippen LogP contribution is 2.34. The molecule has 6 nitrogen and oxygen atoms in total. The number of likely N-dealkylation sites (tertiary alicyclic amines) is 1. The van der Waals surface area contributed by atoms with E-state index < -0.39 is 5.60 Å². The largest absolute Gasteiger partial charge is 0.462 e. The van der Waals surface area contributed by atoms with Crippen LogP contribution >= 0.6 is 11.6 Å². The van der Waals surface area contributed by atoms with Crippen molar-refractivity contribution in [3.8, 4) is 5.69 Å². The first-order chi connectivity index (χ1) is 15.8. The zero-order chi connectivity index (χ0) is 23.6. The fourth-order valence-electron chi connectivity index (χ4n) is 4.50. The normalized spacial score (nSPS) is 16.0. The Balaban J connectivity index is 1.58. The van der Waals surface area contributed by atoms with Crippen LogP contribution in [-0.4, -0.2) is 45.5 Å². The molecule has 2 heterocycles. The minimum absolute atomic E-state index is 0.310. The maximum Gasteiger partial charge on any atom is 0.341 e. The third-order valence-corrected chi connectivity index (χ3v) is 6.63. The predicted molar refractivity (Wildman–Crippen MR) is 129 cm³/mol. The summed E-state index contributed by atoms with van der Waals surface area (Å²) in [5.41, 5.74) is 4.50. The van der Waals surface area contributed by atoms with Crippen LogP contribution in [0.3, 0.4) is 0 Å². The number of rotatable bonds is 6. The minimum Gasteiger partial charge on any atom is -0.462 e. The molecule has 1 N–H and O–H groups in total. The molecule has 0 aliphatic carbocycles. The number of aliphatic hydroxyl groups is 1. The molecule has 1 aliphatic heterocycles. The van der Waals surface area contributed by atoms with Crippen LogP contribution in [0.25, 0.3) is 5.69 Å². The van der Waals surface area contributed by atoms with Gasteiger partial charge in [-0.2, -0.15) is 5.10 Å². The van der Waals surface area contributed by atoms with Crippen molar-refractivity contribution in [3.63, 3.8) is 0 Å². The molecule has 0 atom stereocenters. The van der Waals surface area contributed by atoms with Gasteiger partial charge in [-0.15, -0.1) is 0 Å². The number of piperidine rings is 1. The SMILES string of the molecule is CCOC(=O)c1cnn(-c2ccc(C)cc2C)c1CN1CCC(O)(c2ccc(Cl)cc2)CC1. The van der Waals surface area contributed by atoms with Gasteiger partial charge in [0.15, 0.2) is 0 Å². The summed E-state index contributed by atoms with van der Waals surface area (Å²) in [5.74, 6) is -0.363. The standard InChI is InChI=1S/C26H30ClN3O3/c1-4-33-25(31)22-16-28-30(23-10-5-18(2)15-19(23)3)24(22)17-29-13-11-26(32,12-14-29)20-6-8-21(27)9-7-20/h5-10,15-16,32H,4,11-14,17H2,1-3H3. The highest BCUT2D eigenvalue weighted by Gasteiger charge is 2.35. The number of hydrogen-bond donors (Lipinski definition) is 1. The molecule has 0 bridgehead atoms. The van der Waals surface area contributed by atoms with Gasteiger partial charge in [0, 0.05) is 24.7 Å². The highest BCUT2D eigenvalue weighted by atomic mass is 35.5. The van der Waals surface area contributed by atoms with Crippen LogP contribution in [0.2, 0.25) is 5.02 Å². The summed E-state index contributed by atoms with van der Waals surface area (Å²) in [7, 11) is 0. The number of nitrogens with zero attached hydrogens (tertiary/aromatic N) is 3. The second kappa shape index (κ2) is 9.67. The van der Waals surface area contributed by atoms with Crippen molar-refractivity contribution in [2.24, 2.45) is 0 Å². The molecular formula is C26H30ClN3O3. The number of carbonyl (C=O) groups is 1. The van der Waals surface area contributed by atoms with Crippen molar-refractivity contribution in [1.29, 1.82) is 0 Å². The van der Waals surface area contributed by atoms with Crippen molar-refractivity contribution >= 4 is 17.6 Å². The van der Waals surface area contributed by atoms with E-state index in [0.717, 1.165) is 22.5 Å². The first kappa shape index (κ1) is 23.5. The number of aromatic nitrogens is 2. The monoisotopic (exact) mass is 467 g/mol. The summed E-state index contributed by atoms with van der Waals surface area (Å²) < 4.78 is 7.14. The van der Waals surface area contributed by atoms with Crippen LogP contribution in [-0.2, 0) is 16.9 Å². The Labute approximate surface area is 199 Å². The molecular weight excluding hydrogens is 438 g/mol. The number of ether oxygens (including phenoxy) is 1. The first-order valence-electron chi connectivity index (χ1n) is 11.3. The number of esters is 1. The average Bonchev–Trinajstić information content (AvgIpc) is 3.19. The number of halogens is 1. The lowest BCUT2D eigenvalue weighted by molar-refractivity contribution is -0.0281. The van der Waals surface area contributed by atoms with Crippen molar-refractivity contribution < 1.29 is 14.6 Å². The number of carbonyl (C=O) groups excluding carboxylic acids is 1. The van der Waals surface area contributed by atoms with Crippen molar-refractivity contribution in [2.45, 2.75) is 45.8 Å². The highest BCUT2D eigenvalue weighted by molar-refractivity contribution is 6.30. The fraction of sp³-hybridized carbons (Fsp3) is 0.385. The lowest BCUT2D eigenvalue weighted by Gasteiger charge is -2.38. The van der Waals surface area contributed by atoms with Crippen LogP contribution in [0.1, 0.15) is 52.5 Å². The van der Waals surface area contributed by atoms with E-state index in [1.54, 1.807) is 13.1 Å². The third kappa shape index (κ3) is 4.98. The maximum atomic E-state index is 12.7. The number of aryl methyl sites for hydroxylation is 2. The van der Waals surface area contributed by atoms with E-state index in [1.165, 1.54) is 5.56 Å². The van der Waals surface area contributed by atoms with Crippen LogP contribution in [0.4, 0.5) is 0 Å². The summed E-state index contributed by atoms with van der Waals surface area (Å²) in [6.45, 7) is 8.14. The molecule has 1 saturated heterocycles. The second-order valence-corrected chi connectivity index (χ2v) is 9.18. The Kier molecular flexibility index (Phi) is 6.88. The Morgan fingerprint density at radius 2 is 1.85 bits per heavy atom. The number of benzene rings is 2. The third-order valence-electron chi connectivity index (χ3n) is 6.38. The van der Waals surface area contributed by atoms with E-state index in [1.807, 2.05) is 48.0 Å². The van der Waals surface area contributed by atoms with Gasteiger partial charge < -0.3 is 9.84 Å². The van der Waals surface area contributed by atoms with Gasteiger partial charge in [0.1, 0.15) is 5.56 Å². The molecule has 1 fully saturated rings. The van der Waals surface area contributed by atoms with E-state index in [9.17, 15) is 9.90 Å². The fourth-order valence-corrected chi connectivity index (χ4v) is 4.62. The van der Waals surface area contributed by atoms with Crippen molar-refractivity contribution in [1.82, 2.24) is 14.7 Å². The molecule has 2 aromatic carbocycles. The molecule has 0 radical (unpaired) electrons. The molecule has 33 heavy (non-hydrogen) atoms. The smallest absolute Gasteiger partial charge is 0.341 e. The maximum absolute atomic E-state index is 12.7. The molecule has 0 amide bonds. The zero-order valence-electron chi connectivity index (χ0n) is 19.3. The van der Waals surface area contributed by atoms with Crippen molar-refractivity contribution in [2.75, 3.05) is 19.7 Å². The Hall–Kier alpha value is -2.67. The molecule has 0 unspecified atom stereocenters. The van der Waals surface area contributed by atoms with Gasteiger partial charge in [-0.25, -0.2) is 9.48 Å². The van der Waals surface area contributed by atoms with E-state index in [2.05, 4.69) is 23.0 Å². The average molecular weight is 468 g/mol. The molecule has 0 saturated carbocycles. The molecule has 7 heteroatoms. The van der Waals surface area contributed by atoms with Gasteiger partial charge in [-0.05, 0) is 62.9 Å². The summed E-state index contributed by atoms with van der Waals surface area (Å²) in [6, 6.07) is 13.6. The molecule has 174 valence electrons. The summed E-state index contributed by atoms with van der Waals surface area (Å²) in [5, 5.41) is 16.4. The van der Waals surface area contributed by atoms with Gasteiger partial charge in [0.05, 0.1) is 29.8 Å². The Morgan fingerprint density at radius 1 is 1.15 bits per heavy atom. The van der Waals surface area contributed by atoms with Crippen LogP contribution in [0, 0.1) is 13.8 Å². The second-order valence-electron chi connectivity index (χ2n) is 8.74. The van der Waals surface area contributed by atoms with Crippen LogP contribution < -0.4 is 0 Å². The van der Waals surface area contributed by atoms with E-state index in [0.29, 0.717) is 49.7 Å². The quantitative estimate of drug-likeness (QED) is 0.527. The Bertz CT molecular complexity index is 1130. The number of hydrogen-bond acceptors (Lipinski definition) is 5. The summed E-state index contributed by atoms with van der Waals surface area (Å²) in [4.78, 5) is 14.9. The minimum atomic E-state index is -0.876. The van der Waals surface area contributed by atoms with Crippen molar-refractivity contribution in [3.05, 3.63) is 81.6 Å². The summed E-state index contributed by atoms with van der Waals surface area (Å²) in [6.07, 6.45) is 2.79. The Morgan fingerprint density at radius 3 is 2.48 bits per heavy atom. The molecule has 3 aromatic rings. The van der Waals surface area contributed by atoms with Gasteiger partial charge in [0.25, 0.3) is 0 Å². The topological polar surface area (TPSA) is 67.6 Å². The zero-order valence-corrected chi connectivity index (χ0v) is 20.1. The van der Waals surface area contributed by atoms with E-state index >= 15 is 0 Å². The predicted octanol–water partition coefficient (Wildman–Crippen LogP) is 4.80. The first-order valence-corrected chi connectivity index (χ1v) is 11.7. The van der Waals surface area contributed by atoms with Gasteiger partial charge in [-0.1, -0.05) is 41.4 Å². The van der Waals surface area contributed by atoms with Gasteiger partial charge in [-0.3, -0.25) is 4.90 Å².